The summed E-state index contributed by atoms with van der Waals surface area (Å²) in [7, 11) is 0. The van der Waals surface area contributed by atoms with Gasteiger partial charge in [0.15, 0.2) is 18.0 Å². The van der Waals surface area contributed by atoms with Crippen molar-refractivity contribution in [2.75, 3.05) is 6.61 Å². The van der Waals surface area contributed by atoms with Gasteiger partial charge in [-0.15, -0.1) is 0 Å². The minimum Gasteiger partial charge on any atom is -0.489 e. The van der Waals surface area contributed by atoms with Gasteiger partial charge < -0.3 is 14.2 Å². The van der Waals surface area contributed by atoms with E-state index in [1.807, 2.05) is 13.8 Å². The number of esters is 1. The van der Waals surface area contributed by atoms with Gasteiger partial charge in [0, 0.05) is 0 Å². The Labute approximate surface area is 130 Å². The molecule has 0 N–H and O–H groups in total. The molecule has 0 aliphatic carbocycles. The van der Waals surface area contributed by atoms with Gasteiger partial charge in [0.05, 0.1) is 6.10 Å². The van der Waals surface area contributed by atoms with Crippen molar-refractivity contribution < 1.29 is 23.8 Å². The third-order valence-corrected chi connectivity index (χ3v) is 2.25. The summed E-state index contributed by atoms with van der Waals surface area (Å²) in [5, 5.41) is 0. The Morgan fingerprint density at radius 2 is 1.91 bits per heavy atom. The van der Waals surface area contributed by atoms with E-state index in [9.17, 15) is 9.59 Å². The van der Waals surface area contributed by atoms with Crippen LogP contribution in [-0.2, 0) is 14.3 Å². The summed E-state index contributed by atoms with van der Waals surface area (Å²) < 4.78 is 16.1. The first-order valence-electron chi connectivity index (χ1n) is 6.95. The van der Waals surface area contributed by atoms with Crippen LogP contribution in [0.2, 0.25) is 0 Å². The van der Waals surface area contributed by atoms with Crippen LogP contribution in [0.3, 0.4) is 0 Å². The van der Waals surface area contributed by atoms with Gasteiger partial charge >= 0.3 is 5.97 Å². The summed E-state index contributed by atoms with van der Waals surface area (Å²) in [5.41, 5.74) is -0.387. The van der Waals surface area contributed by atoms with Crippen LogP contribution in [0.1, 0.15) is 34.6 Å². The molecular formula is C16H21NO5. The lowest BCUT2D eigenvalue weighted by Crippen LogP contribution is -2.27. The minimum atomic E-state index is -0.590. The maximum absolute atomic E-state index is 11.7. The van der Waals surface area contributed by atoms with Crippen LogP contribution < -0.4 is 9.47 Å². The highest BCUT2D eigenvalue weighted by Gasteiger charge is 2.18. The summed E-state index contributed by atoms with van der Waals surface area (Å²) in [6.07, 6.45) is 1.37. The molecular weight excluding hydrogens is 286 g/mol. The van der Waals surface area contributed by atoms with Gasteiger partial charge in [0.1, 0.15) is 11.4 Å². The highest BCUT2D eigenvalue weighted by atomic mass is 16.6. The number of aliphatic imine (C=N–C) groups is 1. The molecule has 1 aromatic rings. The Morgan fingerprint density at radius 3 is 2.45 bits per heavy atom. The lowest BCUT2D eigenvalue weighted by atomic mass is 10.2. The van der Waals surface area contributed by atoms with Crippen molar-refractivity contribution in [3.63, 3.8) is 0 Å². The summed E-state index contributed by atoms with van der Waals surface area (Å²) in [5.74, 6) is 0.135. The third-order valence-electron chi connectivity index (χ3n) is 2.25. The standard InChI is InChI=1S/C16H21NO5/c1-11(2)21-13-8-6-7-12(15(13)17-10-18)20-9-14(19)22-16(3,4)5/h6-8,11H,9H2,1-5H3. The van der Waals surface area contributed by atoms with Crippen molar-refractivity contribution in [1.82, 2.24) is 0 Å². The summed E-state index contributed by atoms with van der Waals surface area (Å²) in [6, 6.07) is 4.94. The van der Waals surface area contributed by atoms with Crippen LogP contribution in [0.5, 0.6) is 11.5 Å². The normalized spacial score (nSPS) is 10.8. The van der Waals surface area contributed by atoms with Gasteiger partial charge in [-0.3, -0.25) is 0 Å². The first-order chi connectivity index (χ1) is 10.2. The summed E-state index contributed by atoms with van der Waals surface area (Å²) in [4.78, 5) is 25.9. The van der Waals surface area contributed by atoms with Crippen LogP contribution in [0.15, 0.2) is 23.2 Å². The van der Waals surface area contributed by atoms with E-state index in [0.717, 1.165) is 0 Å². The van der Waals surface area contributed by atoms with E-state index in [0.29, 0.717) is 5.75 Å². The maximum Gasteiger partial charge on any atom is 0.344 e. The van der Waals surface area contributed by atoms with Gasteiger partial charge in [-0.25, -0.2) is 9.59 Å². The number of isocyanates is 1. The molecule has 0 atom stereocenters. The van der Waals surface area contributed by atoms with Gasteiger partial charge in [-0.2, -0.15) is 4.99 Å². The average Bonchev–Trinajstić information content (AvgIpc) is 2.36. The minimum absolute atomic E-state index is 0.0956. The molecule has 0 saturated heterocycles. The zero-order valence-corrected chi connectivity index (χ0v) is 13.5. The number of ether oxygens (including phenoxy) is 3. The molecule has 6 heteroatoms. The predicted molar refractivity (Wildman–Crippen MR) is 81.3 cm³/mol. The molecule has 0 amide bonds. The second-order valence-corrected chi connectivity index (χ2v) is 5.85. The lowest BCUT2D eigenvalue weighted by Gasteiger charge is -2.20. The van der Waals surface area contributed by atoms with Crippen LogP contribution in [0.25, 0.3) is 0 Å². The molecule has 0 bridgehead atoms. The van der Waals surface area contributed by atoms with Crippen LogP contribution in [0.4, 0.5) is 5.69 Å². The fourth-order valence-electron chi connectivity index (χ4n) is 1.63. The van der Waals surface area contributed by atoms with Crippen molar-refractivity contribution in [1.29, 1.82) is 0 Å². The zero-order chi connectivity index (χ0) is 16.8. The van der Waals surface area contributed by atoms with Crippen LogP contribution in [-0.4, -0.2) is 30.4 Å². The van der Waals surface area contributed by atoms with Gasteiger partial charge in [0.25, 0.3) is 0 Å². The van der Waals surface area contributed by atoms with Crippen molar-refractivity contribution in [2.45, 2.75) is 46.3 Å². The highest BCUT2D eigenvalue weighted by molar-refractivity contribution is 5.72. The molecule has 1 aromatic carbocycles. The summed E-state index contributed by atoms with van der Waals surface area (Å²) >= 11 is 0. The zero-order valence-electron chi connectivity index (χ0n) is 13.5. The Bertz CT molecular complexity index is 568. The largest absolute Gasteiger partial charge is 0.489 e. The fourth-order valence-corrected chi connectivity index (χ4v) is 1.63. The molecule has 0 unspecified atom stereocenters. The molecule has 0 aliphatic rings. The van der Waals surface area contributed by atoms with Gasteiger partial charge in [-0.05, 0) is 46.8 Å². The molecule has 0 heterocycles. The molecule has 0 radical (unpaired) electrons. The molecule has 6 nitrogen and oxygen atoms in total. The number of hydrogen-bond donors (Lipinski definition) is 0. The Morgan fingerprint density at radius 1 is 1.27 bits per heavy atom. The molecule has 0 spiro atoms. The van der Waals surface area contributed by atoms with Crippen molar-refractivity contribution in [3.8, 4) is 11.5 Å². The topological polar surface area (TPSA) is 74.2 Å². The quantitative estimate of drug-likeness (QED) is 0.458. The van der Waals surface area contributed by atoms with E-state index in [2.05, 4.69) is 4.99 Å². The molecule has 0 fully saturated rings. The van der Waals surface area contributed by atoms with E-state index in [4.69, 9.17) is 14.2 Å². The number of carbonyl (C=O) groups is 1. The number of rotatable bonds is 6. The molecule has 120 valence electrons. The SMILES string of the molecule is CC(C)Oc1cccc(OCC(=O)OC(C)(C)C)c1N=C=O. The predicted octanol–water partition coefficient (Wildman–Crippen LogP) is 3.16. The first-order valence-corrected chi connectivity index (χ1v) is 6.95. The van der Waals surface area contributed by atoms with Crippen molar-refractivity contribution in [3.05, 3.63) is 18.2 Å². The average molecular weight is 307 g/mol. The molecule has 0 aromatic heterocycles. The molecule has 0 aliphatic heterocycles. The fraction of sp³-hybridized carbons (Fsp3) is 0.500. The number of para-hydroxylation sites is 1. The highest BCUT2D eigenvalue weighted by Crippen LogP contribution is 2.37. The third kappa shape index (κ3) is 5.97. The number of carbonyl (C=O) groups excluding carboxylic acids is 2. The monoisotopic (exact) mass is 307 g/mol. The number of nitrogens with zero attached hydrogens (tertiary/aromatic N) is 1. The first kappa shape index (κ1) is 17.7. The Hall–Kier alpha value is -2.33. The van der Waals surface area contributed by atoms with E-state index in [1.165, 1.54) is 6.08 Å². The van der Waals surface area contributed by atoms with Crippen LogP contribution in [0, 0.1) is 0 Å². The number of hydrogen-bond acceptors (Lipinski definition) is 6. The lowest BCUT2D eigenvalue weighted by molar-refractivity contribution is -0.157. The van der Waals surface area contributed by atoms with Crippen LogP contribution >= 0.6 is 0 Å². The Balaban J connectivity index is 2.90. The van der Waals surface area contributed by atoms with E-state index >= 15 is 0 Å². The van der Waals surface area contributed by atoms with E-state index in [-0.39, 0.29) is 24.1 Å². The second kappa shape index (κ2) is 7.61. The molecule has 0 saturated carbocycles. The second-order valence-electron chi connectivity index (χ2n) is 5.85. The van der Waals surface area contributed by atoms with E-state index < -0.39 is 11.6 Å². The van der Waals surface area contributed by atoms with Gasteiger partial charge in [-0.1, -0.05) is 6.07 Å². The van der Waals surface area contributed by atoms with E-state index in [1.54, 1.807) is 39.0 Å². The molecule has 22 heavy (non-hydrogen) atoms. The number of benzene rings is 1. The Kier molecular flexibility index (Phi) is 6.13. The van der Waals surface area contributed by atoms with Crippen molar-refractivity contribution >= 4 is 17.7 Å². The van der Waals surface area contributed by atoms with Crippen molar-refractivity contribution in [2.24, 2.45) is 4.99 Å². The summed E-state index contributed by atoms with van der Waals surface area (Å²) in [6.45, 7) is 8.72. The maximum atomic E-state index is 11.7. The molecule has 1 rings (SSSR count). The smallest absolute Gasteiger partial charge is 0.344 e. The van der Waals surface area contributed by atoms with Gasteiger partial charge in [0.2, 0.25) is 6.08 Å².